The van der Waals surface area contributed by atoms with E-state index < -0.39 is 18.1 Å². The van der Waals surface area contributed by atoms with Crippen LogP contribution in [-0.2, 0) is 86.4 Å². The van der Waals surface area contributed by atoms with Crippen LogP contribution in [0.1, 0.15) is 260 Å². The van der Waals surface area contributed by atoms with Gasteiger partial charge in [0, 0.05) is 46.2 Å². The van der Waals surface area contributed by atoms with Gasteiger partial charge in [-0.25, -0.2) is 14.4 Å². The number of hydrogen-bond donors (Lipinski definition) is 5. The van der Waals surface area contributed by atoms with Gasteiger partial charge < -0.3 is 56.3 Å². The molecule has 9 atom stereocenters. The largest absolute Gasteiger partial charge is 1.00 e. The Kier molecular flexibility index (Phi) is 40.5. The number of carbonyl (C=O) groups excluding carboxylic acids is 4. The number of urea groups is 2. The van der Waals surface area contributed by atoms with Crippen molar-refractivity contribution in [2.24, 2.45) is 5.73 Å². The molecule has 3 fully saturated rings. The van der Waals surface area contributed by atoms with E-state index in [0.29, 0.717) is 51.4 Å². The van der Waals surface area contributed by atoms with Crippen molar-refractivity contribution in [2.45, 2.75) is 322 Å². The summed E-state index contributed by atoms with van der Waals surface area (Å²) in [7, 11) is 0. The van der Waals surface area contributed by atoms with E-state index >= 15 is 0 Å². The molecular weight excluding hydrogens is 1210 g/mol. The fourth-order valence-electron chi connectivity index (χ4n) is 14.0. The molecule has 4 amide bonds. The van der Waals surface area contributed by atoms with Crippen molar-refractivity contribution >= 4 is 29.6 Å². The first-order valence-electron chi connectivity index (χ1n) is 37.0. The molecule has 20 heteroatoms. The summed E-state index contributed by atoms with van der Waals surface area (Å²) in [6, 6.07) is 12.5. The molecular formula is C76H124LiN9O10. The number of nitrogens with one attached hydrogen (secondary N) is 3. The maximum absolute atomic E-state index is 12.7. The number of rotatable bonds is 29. The Morgan fingerprint density at radius 3 is 1.11 bits per heavy atom. The molecule has 534 valence electrons. The molecule has 0 unspecified atom stereocenters. The van der Waals surface area contributed by atoms with Gasteiger partial charge in [-0.15, -0.1) is 0 Å². The zero-order valence-corrected chi connectivity index (χ0v) is 60.7. The fraction of sp³-hybridized carbons (Fsp3) is 0.737. The summed E-state index contributed by atoms with van der Waals surface area (Å²) in [6.45, 7) is 19.0. The van der Waals surface area contributed by atoms with Crippen LogP contribution >= 0.6 is 0 Å². The zero-order valence-electron chi connectivity index (χ0n) is 60.7. The van der Waals surface area contributed by atoms with E-state index in [2.05, 4.69) is 66.2 Å². The van der Waals surface area contributed by atoms with Gasteiger partial charge in [0.05, 0.1) is 75.9 Å². The number of aliphatic carboxylic acids is 1. The maximum Gasteiger partial charge on any atom is 1.00 e. The van der Waals surface area contributed by atoms with Crippen molar-refractivity contribution in [2.75, 3.05) is 39.6 Å². The summed E-state index contributed by atoms with van der Waals surface area (Å²) in [6.07, 6.45) is 36.4. The number of ether oxygens (including phenoxy) is 3. The second-order valence-electron chi connectivity index (χ2n) is 28.2. The van der Waals surface area contributed by atoms with Crippen molar-refractivity contribution < 1.29 is 67.6 Å². The first kappa shape index (κ1) is 83.6. The summed E-state index contributed by atoms with van der Waals surface area (Å²) in [5.41, 5.74) is 17.8. The van der Waals surface area contributed by atoms with Crippen LogP contribution in [0.25, 0.3) is 0 Å². The summed E-state index contributed by atoms with van der Waals surface area (Å²) < 4.78 is 16.2. The number of aromatic nitrogens is 3. The normalized spacial score (nSPS) is 21.3. The molecule has 3 aliphatic carbocycles. The van der Waals surface area contributed by atoms with E-state index in [4.69, 9.17) is 34.9 Å². The Morgan fingerprint density at radius 2 is 0.781 bits per heavy atom. The molecule has 0 saturated carbocycles. The number of carboxylic acids is 1. The van der Waals surface area contributed by atoms with Crippen molar-refractivity contribution in [3.63, 3.8) is 0 Å². The Morgan fingerprint density at radius 1 is 0.469 bits per heavy atom. The van der Waals surface area contributed by atoms with Gasteiger partial charge in [0.25, 0.3) is 0 Å². The summed E-state index contributed by atoms with van der Waals surface area (Å²) in [4.78, 5) is 78.2. The third-order valence-electron chi connectivity index (χ3n) is 19.5. The van der Waals surface area contributed by atoms with Crippen LogP contribution in [-0.4, -0.2) is 159 Å². The fourth-order valence-corrected chi connectivity index (χ4v) is 14.0. The second kappa shape index (κ2) is 46.5. The predicted molar refractivity (Wildman–Crippen MR) is 376 cm³/mol. The minimum atomic E-state index is -0.967. The Labute approximate surface area is 589 Å². The molecule has 0 spiro atoms. The number of pyridine rings is 3. The van der Waals surface area contributed by atoms with Gasteiger partial charge in [-0.1, -0.05) is 95.2 Å². The summed E-state index contributed by atoms with van der Waals surface area (Å²) >= 11 is 0. The van der Waals surface area contributed by atoms with Crippen LogP contribution in [0, 0.1) is 0 Å². The number of carboxylic acid groups (broad SMARTS) is 1. The monoisotopic (exact) mass is 1330 g/mol. The average Bonchev–Trinajstić information content (AvgIpc) is 0.912. The summed E-state index contributed by atoms with van der Waals surface area (Å²) in [5.74, 6) is -0.825. The van der Waals surface area contributed by atoms with Gasteiger partial charge in [0.15, 0.2) is 5.78 Å². The van der Waals surface area contributed by atoms with Crippen molar-refractivity contribution in [3.05, 3.63) is 87.3 Å². The summed E-state index contributed by atoms with van der Waals surface area (Å²) in [5, 5.41) is 18.6. The van der Waals surface area contributed by atoms with Crippen LogP contribution < -0.4 is 40.5 Å². The number of carbonyl (C=O) groups is 5. The molecule has 3 aliphatic heterocycles. The number of amides is 4. The van der Waals surface area contributed by atoms with Gasteiger partial charge in [-0.05, 0) is 225 Å². The van der Waals surface area contributed by atoms with E-state index in [1.54, 1.807) is 18.7 Å². The molecule has 9 rings (SSSR count). The Hall–Kier alpha value is -4.84. The van der Waals surface area contributed by atoms with Crippen LogP contribution in [0.4, 0.5) is 9.59 Å². The first-order chi connectivity index (χ1) is 45.4. The van der Waals surface area contributed by atoms with Gasteiger partial charge in [0.1, 0.15) is 11.8 Å². The molecule has 3 aromatic rings. The van der Waals surface area contributed by atoms with E-state index in [9.17, 15) is 29.1 Å². The topological polar surface area (TPSA) is 271 Å². The Balaban J connectivity index is 0.000000290. The number of morpholine rings is 3. The number of nitrogens with two attached hydrogens (primary N) is 1. The number of ketones is 2. The molecule has 6 aliphatic rings. The molecule has 0 aromatic carbocycles. The maximum atomic E-state index is 12.7. The number of aryl methyl sites for hydroxylation is 9. The third kappa shape index (κ3) is 30.3. The van der Waals surface area contributed by atoms with Crippen LogP contribution in [0.5, 0.6) is 0 Å². The SMILES string of the molecule is CC(=O)[C@@H](N)CCCCCCCc1ccc2c(n1)CCCC2.CC(=O)[C@H](CCCCCCCc1ccc2c(n1)CCCC2)NC(=O)N1[C@H](C)COC[C@@H]1C.C[C@@H]1COC[C@H](C)N1.C[C@@H]1COC[C@H](C)N1C(=O)N[C@@H](CCCCCCCc1ccc2c(n1)CCCC2)C(=O)O.[Li+].[OH-]. The smallest absolute Gasteiger partial charge is 0.870 e. The van der Waals surface area contributed by atoms with Crippen LogP contribution in [0.15, 0.2) is 36.4 Å². The number of nitrogens with zero attached hydrogens (tertiary/aromatic N) is 5. The van der Waals surface area contributed by atoms with Gasteiger partial charge >= 0.3 is 36.9 Å². The number of fused-ring (bicyclic) bond motifs is 3. The molecule has 96 heavy (non-hydrogen) atoms. The minimum absolute atomic E-state index is 0. The van der Waals surface area contributed by atoms with E-state index in [1.165, 1.54) is 147 Å². The average molecular weight is 1330 g/mol. The molecule has 0 radical (unpaired) electrons. The van der Waals surface area contributed by atoms with Crippen molar-refractivity contribution in [3.8, 4) is 0 Å². The first-order valence-corrected chi connectivity index (χ1v) is 37.0. The number of hydrogen-bond acceptors (Lipinski definition) is 14. The number of Topliss-reactive ketones (excluding diaryl/α,β-unsaturated/α-hetero) is 2. The van der Waals surface area contributed by atoms with E-state index in [1.807, 2.05) is 32.6 Å². The predicted octanol–water partition coefficient (Wildman–Crippen LogP) is 9.71. The van der Waals surface area contributed by atoms with Gasteiger partial charge in [-0.3, -0.25) is 24.5 Å². The molecule has 0 bridgehead atoms. The minimum Gasteiger partial charge on any atom is -0.870 e. The van der Waals surface area contributed by atoms with E-state index in [-0.39, 0.29) is 78.2 Å². The molecule has 3 saturated heterocycles. The molecule has 7 N–H and O–H groups in total. The van der Waals surface area contributed by atoms with E-state index in [0.717, 1.165) is 116 Å². The zero-order chi connectivity index (χ0) is 67.6. The van der Waals surface area contributed by atoms with Gasteiger partial charge in [-0.2, -0.15) is 0 Å². The van der Waals surface area contributed by atoms with Crippen molar-refractivity contribution in [1.82, 2.24) is 40.7 Å². The Bertz CT molecular complexity index is 2600. The van der Waals surface area contributed by atoms with Gasteiger partial charge in [0.2, 0.25) is 0 Å². The molecule has 19 nitrogen and oxygen atoms in total. The standard InChI is InChI=1S/C26H41N3O3.C25H39N3O4.C19H30N2O.C6H13NO.Li.H2O/c1-19-17-32-18-20(2)29(19)26(31)28-24(21(3)30)13-8-6-4-5-7-12-23-16-15-22-11-9-10-14-25(22)27-23;1-18-16-32-17-19(2)28(18)25(31)27-23(24(29)30)13-7-5-3-4-6-11-21-15-14-20-10-8-9-12-22(20)26-21;1-15(22)18(20)11-6-4-2-3-5-10-17-14-13-16-9-7-8-12-19(16)21-17;1-5-3-8-4-6(2)7-5;;/h15-16,19-20,24H,4-14,17-18H2,1-3H3,(H,28,31);14-15,18-19,23H,3-13,16-17H2,1-2H3,(H,27,31)(H,29,30);13-14,18H,2-12,20H2,1H3;5-7H,3-4H2,1-2H3;;1H2/q;;;;+1;/p-1/t19-,20+,24-;18-,19+,23-;18-;5-,6+;;/m000.../s1. The number of unbranched alkanes of at least 4 members (excludes halogenated alkanes) is 12. The van der Waals surface area contributed by atoms with Crippen molar-refractivity contribution in [1.29, 1.82) is 0 Å². The third-order valence-corrected chi connectivity index (χ3v) is 19.5. The van der Waals surface area contributed by atoms with Crippen LogP contribution in [0.3, 0.4) is 0 Å². The van der Waals surface area contributed by atoms with Crippen LogP contribution in [0.2, 0.25) is 0 Å². The quantitative estimate of drug-likeness (QED) is 0.0320. The molecule has 3 aromatic heterocycles. The second-order valence-corrected chi connectivity index (χ2v) is 28.2. The molecule has 6 heterocycles.